The Balaban J connectivity index is 2.03. The van der Waals surface area contributed by atoms with Crippen LogP contribution in [0.4, 0.5) is 0 Å². The Kier molecular flexibility index (Phi) is 2.59. The quantitative estimate of drug-likeness (QED) is 0.665. The Bertz CT molecular complexity index is 682. The van der Waals surface area contributed by atoms with Gasteiger partial charge < -0.3 is 19.3 Å². The minimum Gasteiger partial charge on any atom is -0.462 e. The minimum absolute atomic E-state index is 0.0219. The van der Waals surface area contributed by atoms with Gasteiger partial charge in [-0.3, -0.25) is 4.79 Å². The van der Waals surface area contributed by atoms with Crippen LogP contribution >= 0.6 is 0 Å². The minimum atomic E-state index is -1.48. The number of ether oxygens (including phenoxy) is 3. The summed E-state index contributed by atoms with van der Waals surface area (Å²) in [6.45, 7) is 3.49. The summed E-state index contributed by atoms with van der Waals surface area (Å²) in [5.74, 6) is -2.16. The molecule has 0 unspecified atom stereocenters. The van der Waals surface area contributed by atoms with Gasteiger partial charge in [0.25, 0.3) is 0 Å². The predicted octanol–water partition coefficient (Wildman–Crippen LogP) is -0.244. The number of aliphatic hydroxyl groups excluding tert-OH is 1. The Labute approximate surface area is 132 Å². The molecule has 2 aliphatic carbocycles. The van der Waals surface area contributed by atoms with E-state index in [0.29, 0.717) is 5.57 Å². The van der Waals surface area contributed by atoms with Gasteiger partial charge in [-0.05, 0) is 18.6 Å². The fraction of sp³-hybridized carbons (Fsp3) is 0.688. The van der Waals surface area contributed by atoms with Crippen LogP contribution in [0.5, 0.6) is 0 Å². The van der Waals surface area contributed by atoms with Gasteiger partial charge in [0.15, 0.2) is 11.9 Å². The summed E-state index contributed by atoms with van der Waals surface area (Å²) in [4.78, 5) is 37.1. The van der Waals surface area contributed by atoms with Crippen molar-refractivity contribution < 1.29 is 33.7 Å². The van der Waals surface area contributed by atoms with E-state index in [1.54, 1.807) is 13.8 Å². The van der Waals surface area contributed by atoms with Crippen molar-refractivity contribution in [2.24, 2.45) is 16.7 Å². The molecule has 4 rings (SSSR count). The van der Waals surface area contributed by atoms with Gasteiger partial charge in [-0.1, -0.05) is 6.92 Å². The number of rotatable bonds is 1. The summed E-state index contributed by atoms with van der Waals surface area (Å²) in [6, 6.07) is 0. The first kappa shape index (κ1) is 14.8. The van der Waals surface area contributed by atoms with Crippen molar-refractivity contribution in [2.75, 3.05) is 13.7 Å². The number of carbonyl (C=O) groups is 3. The molecule has 7 nitrogen and oxygen atoms in total. The largest absolute Gasteiger partial charge is 0.462 e. The second-order valence-electron chi connectivity index (χ2n) is 7.10. The van der Waals surface area contributed by atoms with Gasteiger partial charge in [0, 0.05) is 24.9 Å². The number of cyclic esters (lactones) is 1. The fourth-order valence-electron chi connectivity index (χ4n) is 5.19. The lowest BCUT2D eigenvalue weighted by Gasteiger charge is -2.58. The molecule has 7 heteroatoms. The van der Waals surface area contributed by atoms with Crippen molar-refractivity contribution >= 4 is 17.7 Å². The average molecular weight is 322 g/mol. The molecule has 2 aliphatic heterocycles. The van der Waals surface area contributed by atoms with Gasteiger partial charge in [-0.25, -0.2) is 9.59 Å². The third kappa shape index (κ3) is 1.26. The zero-order chi connectivity index (χ0) is 16.8. The molecular formula is C16H18O7. The normalized spacial score (nSPS) is 50.9. The molecule has 0 radical (unpaired) electrons. The third-order valence-electron chi connectivity index (χ3n) is 6.47. The molecule has 1 spiro atoms. The van der Waals surface area contributed by atoms with Gasteiger partial charge in [-0.15, -0.1) is 0 Å². The first-order valence-corrected chi connectivity index (χ1v) is 7.63. The molecule has 0 aromatic carbocycles. The topological polar surface area (TPSA) is 99.1 Å². The predicted molar refractivity (Wildman–Crippen MR) is 74.0 cm³/mol. The zero-order valence-corrected chi connectivity index (χ0v) is 13.1. The van der Waals surface area contributed by atoms with E-state index in [4.69, 9.17) is 14.2 Å². The number of allylic oxidation sites excluding steroid dienone is 1. The number of aliphatic hydroxyl groups is 1. The first-order valence-electron chi connectivity index (χ1n) is 7.63. The standard InChI is InChI=1S/C16H18O7/c1-7-8(17)4-9-14(2)6-22-13(20)16(14,21-3)10-5-15(7,9)11(18)12(19)23-10/h4,7,10-11,18H,5-6H2,1-3H3/t7-,10+,11+,14-,15+,16+/m0/s1. The number of methoxy groups -OCH3 is 1. The van der Waals surface area contributed by atoms with Crippen LogP contribution in [0.2, 0.25) is 0 Å². The highest BCUT2D eigenvalue weighted by Gasteiger charge is 2.79. The average Bonchev–Trinajstić information content (AvgIpc) is 2.93. The van der Waals surface area contributed by atoms with Crippen LogP contribution in [0.3, 0.4) is 0 Å². The number of fused-ring (bicyclic) bond motifs is 4. The summed E-state index contributed by atoms with van der Waals surface area (Å²) < 4.78 is 16.2. The van der Waals surface area contributed by atoms with E-state index in [-0.39, 0.29) is 18.8 Å². The van der Waals surface area contributed by atoms with Crippen LogP contribution in [0, 0.1) is 16.7 Å². The zero-order valence-electron chi connectivity index (χ0n) is 13.1. The monoisotopic (exact) mass is 322 g/mol. The Morgan fingerprint density at radius 3 is 2.70 bits per heavy atom. The number of ketones is 1. The maximum atomic E-state index is 12.5. The molecule has 0 amide bonds. The van der Waals surface area contributed by atoms with Gasteiger partial charge in [0.1, 0.15) is 12.7 Å². The van der Waals surface area contributed by atoms with Gasteiger partial charge >= 0.3 is 11.9 Å². The molecule has 124 valence electrons. The maximum Gasteiger partial charge on any atom is 0.343 e. The van der Waals surface area contributed by atoms with Gasteiger partial charge in [0.05, 0.1) is 5.41 Å². The SMILES string of the molecule is CO[C@]12C(=O)OC[C@@]1(C)C1=CC(=O)[C@H](C)[C@]13C[C@H]2OC(=O)[C@H]3O. The highest BCUT2D eigenvalue weighted by Crippen LogP contribution is 2.67. The number of carbonyl (C=O) groups excluding carboxylic acids is 3. The summed E-state index contributed by atoms with van der Waals surface area (Å²) in [5, 5.41) is 10.6. The Morgan fingerprint density at radius 1 is 1.35 bits per heavy atom. The van der Waals surface area contributed by atoms with Crippen LogP contribution in [0.1, 0.15) is 20.3 Å². The molecule has 2 bridgehead atoms. The molecule has 6 atom stereocenters. The molecule has 0 aromatic rings. The van der Waals surface area contributed by atoms with E-state index in [1.807, 2.05) is 0 Å². The molecule has 4 aliphatic rings. The van der Waals surface area contributed by atoms with Crippen molar-refractivity contribution in [3.8, 4) is 0 Å². The van der Waals surface area contributed by atoms with Crippen LogP contribution in [-0.2, 0) is 28.6 Å². The van der Waals surface area contributed by atoms with E-state index >= 15 is 0 Å². The smallest absolute Gasteiger partial charge is 0.343 e. The summed E-state index contributed by atoms with van der Waals surface area (Å²) in [5.41, 5.74) is -2.94. The molecule has 1 saturated carbocycles. The van der Waals surface area contributed by atoms with Gasteiger partial charge in [-0.2, -0.15) is 0 Å². The van der Waals surface area contributed by atoms with Crippen LogP contribution in [-0.4, -0.2) is 54.4 Å². The first-order chi connectivity index (χ1) is 10.8. The van der Waals surface area contributed by atoms with Crippen LogP contribution < -0.4 is 0 Å². The van der Waals surface area contributed by atoms with Crippen molar-refractivity contribution in [3.05, 3.63) is 11.6 Å². The fourth-order valence-corrected chi connectivity index (χ4v) is 5.19. The van der Waals surface area contributed by atoms with E-state index in [1.165, 1.54) is 13.2 Å². The molecule has 2 saturated heterocycles. The van der Waals surface area contributed by atoms with Gasteiger partial charge in [0.2, 0.25) is 5.60 Å². The molecule has 23 heavy (non-hydrogen) atoms. The van der Waals surface area contributed by atoms with E-state index < -0.39 is 46.5 Å². The van der Waals surface area contributed by atoms with Crippen molar-refractivity contribution in [1.82, 2.24) is 0 Å². The molecule has 0 aromatic heterocycles. The summed E-state index contributed by atoms with van der Waals surface area (Å²) in [7, 11) is 1.37. The highest BCUT2D eigenvalue weighted by atomic mass is 16.6. The Morgan fingerprint density at radius 2 is 2.04 bits per heavy atom. The number of esters is 2. The number of hydrogen-bond donors (Lipinski definition) is 1. The van der Waals surface area contributed by atoms with Crippen LogP contribution in [0.25, 0.3) is 0 Å². The number of hydrogen-bond acceptors (Lipinski definition) is 7. The molecule has 1 N–H and O–H groups in total. The lowest BCUT2D eigenvalue weighted by atomic mass is 9.49. The lowest BCUT2D eigenvalue weighted by molar-refractivity contribution is -0.238. The van der Waals surface area contributed by atoms with E-state index in [2.05, 4.69) is 0 Å². The lowest BCUT2D eigenvalue weighted by Crippen LogP contribution is -2.72. The highest BCUT2D eigenvalue weighted by molar-refractivity contribution is 6.00. The second-order valence-corrected chi connectivity index (χ2v) is 7.10. The molecule has 2 heterocycles. The maximum absolute atomic E-state index is 12.5. The van der Waals surface area contributed by atoms with Crippen molar-refractivity contribution in [1.29, 1.82) is 0 Å². The van der Waals surface area contributed by atoms with Crippen molar-refractivity contribution in [2.45, 2.75) is 38.1 Å². The van der Waals surface area contributed by atoms with E-state index in [9.17, 15) is 19.5 Å². The third-order valence-corrected chi connectivity index (χ3v) is 6.47. The van der Waals surface area contributed by atoms with E-state index in [0.717, 1.165) is 0 Å². The summed E-state index contributed by atoms with van der Waals surface area (Å²) >= 11 is 0. The second kappa shape index (κ2) is 4.02. The summed E-state index contributed by atoms with van der Waals surface area (Å²) in [6.07, 6.45) is -0.710. The molecular weight excluding hydrogens is 304 g/mol. The Hall–Kier alpha value is -1.73. The van der Waals surface area contributed by atoms with Crippen LogP contribution in [0.15, 0.2) is 11.6 Å². The van der Waals surface area contributed by atoms with Crippen molar-refractivity contribution in [3.63, 3.8) is 0 Å². The molecule has 3 fully saturated rings.